The van der Waals surface area contributed by atoms with Gasteiger partial charge < -0.3 is 25.5 Å². The fraction of sp³-hybridized carbons (Fsp3) is 0.111. The van der Waals surface area contributed by atoms with Gasteiger partial charge in [-0.15, -0.1) is 10.2 Å². The molecule has 3 rings (SSSR count). The zero-order valence-corrected chi connectivity index (χ0v) is 22.3. The van der Waals surface area contributed by atoms with Crippen LogP contribution in [0.3, 0.4) is 0 Å². The molecule has 0 aliphatic heterocycles. The summed E-state index contributed by atoms with van der Waals surface area (Å²) in [7, 11) is -4.63. The molecule has 1 heterocycles. The van der Waals surface area contributed by atoms with Crippen LogP contribution in [0.4, 0.5) is 11.4 Å². The van der Waals surface area contributed by atoms with Gasteiger partial charge in [-0.05, 0) is 49.4 Å². The number of aryl methyl sites for hydroxylation is 1. The Balaban J connectivity index is 0. The number of hydrogen-bond acceptors (Lipinski definition) is 12. The van der Waals surface area contributed by atoms with Gasteiger partial charge in [0, 0.05) is 22.0 Å². The second-order valence-corrected chi connectivity index (χ2v) is 8.17. The Morgan fingerprint density at radius 2 is 1.78 bits per heavy atom. The average Bonchev–Trinajstić information content (AvgIpc) is 3.03. The van der Waals surface area contributed by atoms with E-state index < -0.39 is 26.9 Å². The molecule has 0 bridgehead atoms. The van der Waals surface area contributed by atoms with Crippen molar-refractivity contribution in [3.05, 3.63) is 53.7 Å². The van der Waals surface area contributed by atoms with Gasteiger partial charge in [0.15, 0.2) is 5.69 Å². The molecule has 0 fully saturated rings. The maximum atomic E-state index is 11.5. The molecule has 1 radical (unpaired) electrons. The number of aromatic hydroxyl groups is 1. The maximum absolute atomic E-state index is 11.5. The van der Waals surface area contributed by atoms with Crippen molar-refractivity contribution in [2.24, 2.45) is 10.2 Å². The molecule has 36 heavy (non-hydrogen) atoms. The monoisotopic (exact) mass is 600 g/mol. The van der Waals surface area contributed by atoms with E-state index in [1.807, 2.05) is 0 Å². The number of hydrogen-bond donors (Lipinski definition) is 2. The van der Waals surface area contributed by atoms with Crippen LogP contribution in [0, 0.1) is 6.92 Å². The van der Waals surface area contributed by atoms with Gasteiger partial charge >= 0.3 is 35.5 Å². The van der Waals surface area contributed by atoms with Crippen molar-refractivity contribution < 1.29 is 94.7 Å². The molecule has 0 aliphatic rings. The minimum absolute atomic E-state index is 0. The standard InChI is InChI=1S/C17H14N4O9S2.CH4.Cu.Na.H2O/c1-9-15(16(22)21(20-9)10-2-5-12(6-3-10)32(26,27)28)19-18-14-7-4-11(31-30-29-25)8-13(14)17(23)24;;;;/h2-8,22,25H,1H3,(H,23,24)(H,26,27,28);1H4;;;1H2/q;;;+1;/p-2. The van der Waals surface area contributed by atoms with E-state index in [1.165, 1.54) is 37.3 Å². The number of azo groups is 1. The quantitative estimate of drug-likeness (QED) is 0.0790. The molecule has 4 N–H and O–H groups in total. The first-order chi connectivity index (χ1) is 15.1. The number of aromatic carboxylic acids is 1. The van der Waals surface area contributed by atoms with Crippen molar-refractivity contribution in [1.29, 1.82) is 0 Å². The fourth-order valence-corrected chi connectivity index (χ4v) is 3.41. The first kappa shape index (κ1) is 36.3. The van der Waals surface area contributed by atoms with Crippen LogP contribution in [0.5, 0.6) is 5.88 Å². The van der Waals surface area contributed by atoms with Gasteiger partial charge in [0.05, 0.1) is 33.9 Å². The molecule has 0 unspecified atom stereocenters. The Kier molecular flexibility index (Phi) is 15.5. The third-order valence-corrected chi connectivity index (χ3v) is 5.41. The summed E-state index contributed by atoms with van der Waals surface area (Å²) in [6, 6.07) is 8.57. The molecule has 18 heteroatoms. The molecule has 0 saturated carbocycles. The van der Waals surface area contributed by atoms with Gasteiger partial charge in [-0.25, -0.2) is 13.2 Å². The van der Waals surface area contributed by atoms with E-state index in [9.17, 15) is 33.2 Å². The second kappa shape index (κ2) is 15.4. The Hall–Kier alpha value is -1.86. The molecule has 14 nitrogen and oxygen atoms in total. The molecular weight excluding hydrogens is 583 g/mol. The largest absolute Gasteiger partial charge is 1.00 e. The Bertz CT molecular complexity index is 1300. The van der Waals surface area contributed by atoms with E-state index in [2.05, 4.69) is 24.7 Å². The van der Waals surface area contributed by atoms with Crippen molar-refractivity contribution in [1.82, 2.24) is 9.78 Å². The van der Waals surface area contributed by atoms with E-state index in [4.69, 9.17) is 0 Å². The number of carboxylic acid groups (broad SMARTS) is 1. The smallest absolute Gasteiger partial charge is 0.744 e. The summed E-state index contributed by atoms with van der Waals surface area (Å²) in [5, 5.41) is 44.8. The van der Waals surface area contributed by atoms with Crippen molar-refractivity contribution in [3.63, 3.8) is 0 Å². The molecule has 0 spiro atoms. The molecule has 0 amide bonds. The zero-order valence-electron chi connectivity index (χ0n) is 17.7. The third kappa shape index (κ3) is 8.62. The van der Waals surface area contributed by atoms with E-state index in [0.29, 0.717) is 12.0 Å². The van der Waals surface area contributed by atoms with Crippen LogP contribution in [0.25, 0.3) is 5.69 Å². The number of aromatic nitrogens is 2. The van der Waals surface area contributed by atoms with E-state index in [-0.39, 0.29) is 92.7 Å². The fourth-order valence-electron chi connectivity index (χ4n) is 2.54. The van der Waals surface area contributed by atoms with Crippen LogP contribution in [0.2, 0.25) is 0 Å². The van der Waals surface area contributed by atoms with E-state index >= 15 is 0 Å². The Morgan fingerprint density at radius 1 is 1.17 bits per heavy atom. The van der Waals surface area contributed by atoms with Gasteiger partial charge in [-0.2, -0.15) is 14.1 Å². The van der Waals surface area contributed by atoms with Crippen molar-refractivity contribution >= 4 is 39.5 Å². The van der Waals surface area contributed by atoms with Crippen molar-refractivity contribution in [2.45, 2.75) is 24.1 Å². The van der Waals surface area contributed by atoms with Crippen LogP contribution >= 0.6 is 12.0 Å². The summed E-state index contributed by atoms with van der Waals surface area (Å²) in [5.74, 6) is -1.77. The molecule has 0 saturated heterocycles. The average molecular weight is 601 g/mol. The van der Waals surface area contributed by atoms with Crippen molar-refractivity contribution in [2.75, 3.05) is 0 Å². The molecule has 2 aromatic carbocycles. The summed E-state index contributed by atoms with van der Waals surface area (Å²) in [4.78, 5) is 11.3. The number of nitrogens with zero attached hydrogens (tertiary/aromatic N) is 4. The second-order valence-electron chi connectivity index (χ2n) is 6.02. The van der Waals surface area contributed by atoms with Crippen molar-refractivity contribution in [3.8, 4) is 11.6 Å². The first-order valence-corrected chi connectivity index (χ1v) is 10.5. The summed E-state index contributed by atoms with van der Waals surface area (Å²) < 4.78 is 38.3. The number of rotatable bonds is 8. The van der Waals surface area contributed by atoms with Crippen LogP contribution in [-0.4, -0.2) is 44.4 Å². The minimum Gasteiger partial charge on any atom is -0.744 e. The Morgan fingerprint density at radius 3 is 2.31 bits per heavy atom. The summed E-state index contributed by atoms with van der Waals surface area (Å²) in [6.07, 6.45) is 0. The normalized spacial score (nSPS) is 10.5. The van der Waals surface area contributed by atoms with Crippen LogP contribution in [0.1, 0.15) is 23.5 Å². The number of benzene rings is 2. The third-order valence-electron chi connectivity index (χ3n) is 3.99. The van der Waals surface area contributed by atoms with Gasteiger partial charge in [0.1, 0.15) is 15.8 Å². The van der Waals surface area contributed by atoms with Crippen LogP contribution in [-0.2, 0) is 36.6 Å². The van der Waals surface area contributed by atoms with Gasteiger partial charge in [0.25, 0.3) is 0 Å². The maximum Gasteiger partial charge on any atom is 1.00 e. The predicted octanol–water partition coefficient (Wildman–Crippen LogP) is -1.05. The summed E-state index contributed by atoms with van der Waals surface area (Å²) >= 11 is 0.503. The summed E-state index contributed by atoms with van der Waals surface area (Å²) in [5.41, 5.74) is 0.0986. The molecule has 195 valence electrons. The van der Waals surface area contributed by atoms with E-state index in [0.717, 1.165) is 16.8 Å². The number of carbonyl (C=O) groups is 1. The number of carboxylic acids is 1. The van der Waals surface area contributed by atoms with Crippen LogP contribution < -0.4 is 34.8 Å². The zero-order chi connectivity index (χ0) is 23.5. The molecule has 0 atom stereocenters. The van der Waals surface area contributed by atoms with Crippen LogP contribution in [0.15, 0.2) is 62.5 Å². The minimum atomic E-state index is -4.63. The summed E-state index contributed by atoms with van der Waals surface area (Å²) in [6.45, 7) is 1.51. The van der Waals surface area contributed by atoms with Gasteiger partial charge in [-0.3, -0.25) is 5.04 Å². The van der Waals surface area contributed by atoms with Gasteiger partial charge in [-0.1, -0.05) is 7.43 Å². The van der Waals surface area contributed by atoms with Gasteiger partial charge in [0.2, 0.25) is 5.88 Å². The predicted molar refractivity (Wildman–Crippen MR) is 114 cm³/mol. The molecular formula is C18H18CuN4NaO10S2-. The topological polar surface area (TPSA) is 230 Å². The molecule has 0 aliphatic carbocycles. The first-order valence-electron chi connectivity index (χ1n) is 8.39. The Labute approximate surface area is 242 Å². The molecule has 3 aromatic rings. The SMILES string of the molecule is C.Cc1nn(-c2ccc(S(=O)(=O)[O-])cc2)c(O)c1N=Nc1ccc(SOO[O-])cc1C(=O)O.O.[Cu].[Na+]. The van der Waals surface area contributed by atoms with E-state index in [1.54, 1.807) is 0 Å². The molecule has 1 aromatic heterocycles.